The van der Waals surface area contributed by atoms with Crippen molar-refractivity contribution in [3.63, 3.8) is 0 Å². The molecule has 6 nitrogen and oxygen atoms in total. The van der Waals surface area contributed by atoms with Crippen LogP contribution in [0.2, 0.25) is 18.1 Å². The van der Waals surface area contributed by atoms with Crippen LogP contribution in [0.4, 0.5) is 0 Å². The average Bonchev–Trinajstić information content (AvgIpc) is 2.64. The Morgan fingerprint density at radius 1 is 1.17 bits per heavy atom. The predicted molar refractivity (Wildman–Crippen MR) is 121 cm³/mol. The fourth-order valence-electron chi connectivity index (χ4n) is 3.29. The molecule has 166 valence electrons. The van der Waals surface area contributed by atoms with E-state index in [0.29, 0.717) is 0 Å². The van der Waals surface area contributed by atoms with Gasteiger partial charge in [0.15, 0.2) is 20.1 Å². The minimum absolute atomic E-state index is 0.00372. The van der Waals surface area contributed by atoms with Crippen LogP contribution >= 0.6 is 11.8 Å². The number of ether oxygens (including phenoxy) is 1. The zero-order chi connectivity index (χ0) is 22.9. The molecule has 4 atom stereocenters. The fraction of sp³-hybridized carbons (Fsp3) is 0.591. The normalized spacial score (nSPS) is 21.6. The van der Waals surface area contributed by atoms with Crippen LogP contribution in [0.1, 0.15) is 34.6 Å². The quantitative estimate of drug-likeness (QED) is 0.256. The highest BCUT2D eigenvalue weighted by atomic mass is 32.2. The number of nitrogens with zero attached hydrogens (tertiary/aromatic N) is 1. The van der Waals surface area contributed by atoms with E-state index in [1.165, 1.54) is 30.7 Å². The molecule has 0 bridgehead atoms. The van der Waals surface area contributed by atoms with Gasteiger partial charge >= 0.3 is 5.97 Å². The first kappa shape index (κ1) is 24.6. The third kappa shape index (κ3) is 4.98. The van der Waals surface area contributed by atoms with Crippen molar-refractivity contribution in [2.45, 2.75) is 75.2 Å². The molecule has 0 spiro atoms. The minimum Gasteiger partial charge on any atom is -0.467 e. The monoisotopic (exact) mass is 451 g/mol. The molecule has 0 aromatic heterocycles. The smallest absolute Gasteiger partial charge is 0.336 e. The van der Waals surface area contributed by atoms with Gasteiger partial charge in [0.25, 0.3) is 0 Å². The van der Waals surface area contributed by atoms with Gasteiger partial charge in [0.05, 0.1) is 24.5 Å². The first-order valence-electron chi connectivity index (χ1n) is 10.1. The van der Waals surface area contributed by atoms with Gasteiger partial charge in [-0.15, -0.1) is 11.8 Å². The molecule has 1 aromatic rings. The second kappa shape index (κ2) is 9.24. The lowest BCUT2D eigenvalue weighted by molar-refractivity contribution is -0.172. The molecule has 0 aliphatic carbocycles. The number of hydrogen-bond donors (Lipinski definition) is 0. The maximum absolute atomic E-state index is 13.2. The SMILES string of the molecule is COC(=O)C(C(C)=O)N1C(=O)[C@H]([C@@H](C)O[Si](C)(C)C(C)(C)C)[C@H]1Sc1ccccc1. The van der Waals surface area contributed by atoms with E-state index < -0.39 is 37.4 Å². The Bertz CT molecular complexity index is 792. The van der Waals surface area contributed by atoms with Crippen LogP contribution in [0.25, 0.3) is 0 Å². The molecular formula is C22H33NO5SSi. The summed E-state index contributed by atoms with van der Waals surface area (Å²) >= 11 is 1.47. The van der Waals surface area contributed by atoms with Gasteiger partial charge in [-0.1, -0.05) is 39.0 Å². The summed E-state index contributed by atoms with van der Waals surface area (Å²) in [4.78, 5) is 40.0. The zero-order valence-electron chi connectivity index (χ0n) is 19.1. The molecule has 0 N–H and O–H groups in total. The Hall–Kier alpha value is -1.64. The highest BCUT2D eigenvalue weighted by molar-refractivity contribution is 8.00. The van der Waals surface area contributed by atoms with E-state index in [0.717, 1.165) is 4.90 Å². The number of carbonyl (C=O) groups excluding carboxylic acids is 3. The molecule has 1 saturated heterocycles. The molecular weight excluding hydrogens is 418 g/mol. The molecule has 1 fully saturated rings. The third-order valence-corrected chi connectivity index (χ3v) is 11.9. The summed E-state index contributed by atoms with van der Waals surface area (Å²) in [6, 6.07) is 8.41. The van der Waals surface area contributed by atoms with Crippen LogP contribution in [0, 0.1) is 5.92 Å². The van der Waals surface area contributed by atoms with Crippen LogP contribution < -0.4 is 0 Å². The van der Waals surface area contributed by atoms with E-state index in [2.05, 4.69) is 33.9 Å². The van der Waals surface area contributed by atoms with Gasteiger partial charge in [0.2, 0.25) is 5.91 Å². The molecule has 1 aliphatic rings. The maximum atomic E-state index is 13.2. The number of rotatable bonds is 8. The van der Waals surface area contributed by atoms with Gasteiger partial charge in [-0.3, -0.25) is 9.59 Å². The Kier molecular flexibility index (Phi) is 7.58. The highest BCUT2D eigenvalue weighted by Gasteiger charge is 2.57. The van der Waals surface area contributed by atoms with Gasteiger partial charge < -0.3 is 14.1 Å². The Labute approximate surface area is 184 Å². The van der Waals surface area contributed by atoms with Crippen LogP contribution in [0.3, 0.4) is 0 Å². The lowest BCUT2D eigenvalue weighted by Crippen LogP contribution is -2.69. The first-order valence-corrected chi connectivity index (χ1v) is 13.9. The van der Waals surface area contributed by atoms with Crippen molar-refractivity contribution in [2.75, 3.05) is 7.11 Å². The number of Topliss-reactive ketones (excluding diaryl/α,β-unsaturated/α-hetero) is 1. The van der Waals surface area contributed by atoms with Crippen molar-refractivity contribution in [1.82, 2.24) is 4.90 Å². The molecule has 1 amide bonds. The summed E-state index contributed by atoms with van der Waals surface area (Å²) in [5.41, 5.74) is 0. The van der Waals surface area contributed by atoms with E-state index in [4.69, 9.17) is 9.16 Å². The van der Waals surface area contributed by atoms with Gasteiger partial charge in [0.1, 0.15) is 0 Å². The van der Waals surface area contributed by atoms with Crippen LogP contribution in [0.5, 0.6) is 0 Å². The van der Waals surface area contributed by atoms with E-state index in [-0.39, 0.29) is 17.0 Å². The number of hydrogen-bond acceptors (Lipinski definition) is 6. The summed E-state index contributed by atoms with van der Waals surface area (Å²) in [5, 5.41) is -0.392. The standard InChI is InChI=1S/C22H33NO5SSi/c1-14(24)18(21(26)27-6)23-19(25)17(15(2)28-30(7,8)22(3,4)5)20(23)29-16-12-10-9-11-13-16/h9-13,15,17-18,20H,1-8H3/t15-,17+,18?,20-/m1/s1. The Morgan fingerprint density at radius 2 is 1.73 bits per heavy atom. The van der Waals surface area contributed by atoms with Gasteiger partial charge in [-0.2, -0.15) is 0 Å². The highest BCUT2D eigenvalue weighted by Crippen LogP contribution is 2.45. The van der Waals surface area contributed by atoms with Crippen molar-refractivity contribution >= 4 is 37.7 Å². The van der Waals surface area contributed by atoms with E-state index in [1.807, 2.05) is 37.3 Å². The van der Waals surface area contributed by atoms with Crippen molar-refractivity contribution < 1.29 is 23.5 Å². The molecule has 2 rings (SSSR count). The molecule has 8 heteroatoms. The Morgan fingerprint density at radius 3 is 2.20 bits per heavy atom. The fourth-order valence-corrected chi connectivity index (χ4v) is 6.13. The molecule has 1 heterocycles. The van der Waals surface area contributed by atoms with Crippen molar-refractivity contribution in [1.29, 1.82) is 0 Å². The summed E-state index contributed by atoms with van der Waals surface area (Å²) < 4.78 is 11.3. The summed E-state index contributed by atoms with van der Waals surface area (Å²) in [6.07, 6.45) is -0.332. The summed E-state index contributed by atoms with van der Waals surface area (Å²) in [7, 11) is -0.878. The summed E-state index contributed by atoms with van der Waals surface area (Å²) in [6.45, 7) is 14.0. The number of esters is 1. The number of amides is 1. The zero-order valence-corrected chi connectivity index (χ0v) is 20.9. The van der Waals surface area contributed by atoms with Crippen molar-refractivity contribution in [3.8, 4) is 0 Å². The van der Waals surface area contributed by atoms with Crippen LogP contribution in [-0.4, -0.2) is 55.5 Å². The van der Waals surface area contributed by atoms with E-state index in [1.54, 1.807) is 0 Å². The molecule has 30 heavy (non-hydrogen) atoms. The van der Waals surface area contributed by atoms with Crippen LogP contribution in [0.15, 0.2) is 35.2 Å². The molecule has 1 aliphatic heterocycles. The lowest BCUT2D eigenvalue weighted by Gasteiger charge is -2.52. The maximum Gasteiger partial charge on any atom is 0.336 e. The number of β-lactam (4-membered cyclic amide) rings is 1. The second-order valence-corrected chi connectivity index (χ2v) is 15.2. The molecule has 0 saturated carbocycles. The number of ketones is 1. The van der Waals surface area contributed by atoms with Gasteiger partial charge in [-0.25, -0.2) is 4.79 Å². The topological polar surface area (TPSA) is 72.9 Å². The lowest BCUT2D eigenvalue weighted by atomic mass is 9.90. The molecule has 1 aromatic carbocycles. The number of methoxy groups -OCH3 is 1. The largest absolute Gasteiger partial charge is 0.467 e. The first-order chi connectivity index (χ1) is 13.8. The molecule has 0 radical (unpaired) electrons. The van der Waals surface area contributed by atoms with Crippen molar-refractivity contribution in [3.05, 3.63) is 30.3 Å². The third-order valence-electron chi connectivity index (χ3n) is 6.00. The minimum atomic E-state index is -2.10. The number of carbonyl (C=O) groups is 3. The predicted octanol–water partition coefficient (Wildman–Crippen LogP) is 4.10. The second-order valence-electron chi connectivity index (χ2n) is 9.21. The van der Waals surface area contributed by atoms with Gasteiger partial charge in [-0.05, 0) is 44.1 Å². The van der Waals surface area contributed by atoms with Crippen LogP contribution in [-0.2, 0) is 23.5 Å². The van der Waals surface area contributed by atoms with Gasteiger partial charge in [0, 0.05) is 4.90 Å². The average molecular weight is 452 g/mol. The van der Waals surface area contributed by atoms with Crippen molar-refractivity contribution in [2.24, 2.45) is 5.92 Å². The number of benzene rings is 1. The summed E-state index contributed by atoms with van der Waals surface area (Å²) in [5.74, 6) is -1.83. The van der Waals surface area contributed by atoms with E-state index in [9.17, 15) is 14.4 Å². The molecule has 1 unspecified atom stereocenters. The number of thioether (sulfide) groups is 1. The number of likely N-dealkylation sites (tertiary alicyclic amines) is 1. The van der Waals surface area contributed by atoms with E-state index >= 15 is 0 Å². The Balaban J connectivity index is 2.36.